The van der Waals surface area contributed by atoms with Crippen molar-refractivity contribution in [2.75, 3.05) is 19.6 Å². The lowest BCUT2D eigenvalue weighted by atomic mass is 10.0. The minimum atomic E-state index is -0.609. The fourth-order valence-corrected chi connectivity index (χ4v) is 2.75. The Labute approximate surface area is 160 Å². The van der Waals surface area contributed by atoms with Crippen LogP contribution in [0.1, 0.15) is 38.2 Å². The quantitative estimate of drug-likeness (QED) is 0.269. The minimum absolute atomic E-state index is 0. The maximum atomic E-state index is 10.4. The van der Waals surface area contributed by atoms with Crippen molar-refractivity contribution >= 4 is 41.5 Å². The summed E-state index contributed by atoms with van der Waals surface area (Å²) < 4.78 is 0. The SMILES string of the molecule is CCNC(=NCC1(O)CCCC1)NCCc1ccc(Cl)nc1.I. The van der Waals surface area contributed by atoms with Gasteiger partial charge in [-0.15, -0.1) is 24.0 Å². The second-order valence-corrected chi connectivity index (χ2v) is 6.18. The number of aliphatic imine (C=N–C) groups is 1. The van der Waals surface area contributed by atoms with Crippen LogP contribution in [0.3, 0.4) is 0 Å². The zero-order valence-corrected chi connectivity index (χ0v) is 16.6. The van der Waals surface area contributed by atoms with E-state index in [9.17, 15) is 5.11 Å². The Kier molecular flexibility index (Phi) is 9.16. The molecule has 23 heavy (non-hydrogen) atoms. The largest absolute Gasteiger partial charge is 0.388 e. The lowest BCUT2D eigenvalue weighted by Gasteiger charge is -2.20. The number of aromatic nitrogens is 1. The first kappa shape index (κ1) is 20.4. The van der Waals surface area contributed by atoms with Crippen molar-refractivity contribution in [2.45, 2.75) is 44.6 Å². The average Bonchev–Trinajstić information content (AvgIpc) is 2.94. The van der Waals surface area contributed by atoms with E-state index < -0.39 is 5.60 Å². The summed E-state index contributed by atoms with van der Waals surface area (Å²) in [6, 6.07) is 3.77. The van der Waals surface area contributed by atoms with E-state index in [1.165, 1.54) is 0 Å². The van der Waals surface area contributed by atoms with Gasteiger partial charge in [0, 0.05) is 19.3 Å². The van der Waals surface area contributed by atoms with E-state index in [0.29, 0.717) is 11.7 Å². The third-order valence-electron chi connectivity index (χ3n) is 3.90. The van der Waals surface area contributed by atoms with Crippen LogP contribution in [0.4, 0.5) is 0 Å². The second kappa shape index (κ2) is 10.3. The van der Waals surface area contributed by atoms with Crippen LogP contribution in [0.15, 0.2) is 23.3 Å². The van der Waals surface area contributed by atoms with E-state index in [0.717, 1.165) is 56.7 Å². The van der Waals surface area contributed by atoms with Crippen LogP contribution in [-0.4, -0.2) is 41.3 Å². The highest BCUT2D eigenvalue weighted by Gasteiger charge is 2.30. The predicted molar refractivity (Wildman–Crippen MR) is 106 cm³/mol. The Morgan fingerprint density at radius 1 is 1.35 bits per heavy atom. The zero-order valence-electron chi connectivity index (χ0n) is 13.5. The minimum Gasteiger partial charge on any atom is -0.388 e. The van der Waals surface area contributed by atoms with Gasteiger partial charge in [-0.1, -0.05) is 30.5 Å². The molecule has 7 heteroatoms. The standard InChI is InChI=1S/C16H25ClN4O.HI/c1-2-18-15(21-12-16(22)8-3-4-9-16)19-10-7-13-5-6-14(17)20-11-13;/h5-6,11,22H,2-4,7-10,12H2,1H3,(H2,18,19,21);1H. The molecule has 1 aromatic rings. The number of hydrogen-bond donors (Lipinski definition) is 3. The van der Waals surface area contributed by atoms with Gasteiger partial charge in [0.2, 0.25) is 0 Å². The molecule has 130 valence electrons. The summed E-state index contributed by atoms with van der Waals surface area (Å²) in [6.07, 6.45) is 6.53. The van der Waals surface area contributed by atoms with Crippen molar-refractivity contribution in [2.24, 2.45) is 4.99 Å². The van der Waals surface area contributed by atoms with Crippen LogP contribution >= 0.6 is 35.6 Å². The number of halogens is 2. The van der Waals surface area contributed by atoms with Crippen molar-refractivity contribution in [1.29, 1.82) is 0 Å². The molecule has 0 radical (unpaired) electrons. The van der Waals surface area contributed by atoms with Crippen molar-refractivity contribution in [3.05, 3.63) is 29.0 Å². The van der Waals surface area contributed by atoms with E-state index in [4.69, 9.17) is 11.6 Å². The molecule has 1 heterocycles. The molecule has 1 saturated carbocycles. The van der Waals surface area contributed by atoms with Gasteiger partial charge in [-0.05, 0) is 37.8 Å². The molecular weight excluding hydrogens is 427 g/mol. The van der Waals surface area contributed by atoms with E-state index >= 15 is 0 Å². The topological polar surface area (TPSA) is 69.5 Å². The second-order valence-electron chi connectivity index (χ2n) is 5.79. The highest BCUT2D eigenvalue weighted by molar-refractivity contribution is 14.0. The van der Waals surface area contributed by atoms with Crippen LogP contribution in [0, 0.1) is 0 Å². The van der Waals surface area contributed by atoms with Gasteiger partial charge in [0.15, 0.2) is 5.96 Å². The molecule has 1 fully saturated rings. The number of nitrogens with one attached hydrogen (secondary N) is 2. The molecule has 0 atom stereocenters. The molecule has 0 amide bonds. The molecule has 0 bridgehead atoms. The molecule has 3 N–H and O–H groups in total. The van der Waals surface area contributed by atoms with Crippen LogP contribution in [0.5, 0.6) is 0 Å². The molecule has 0 aromatic carbocycles. The maximum absolute atomic E-state index is 10.4. The molecule has 0 aliphatic heterocycles. The summed E-state index contributed by atoms with van der Waals surface area (Å²) in [7, 11) is 0. The predicted octanol–water partition coefficient (Wildman–Crippen LogP) is 2.76. The molecule has 5 nitrogen and oxygen atoms in total. The fourth-order valence-electron chi connectivity index (χ4n) is 2.64. The van der Waals surface area contributed by atoms with Gasteiger partial charge in [-0.25, -0.2) is 4.98 Å². The number of hydrogen-bond acceptors (Lipinski definition) is 3. The van der Waals surface area contributed by atoms with Gasteiger partial charge in [0.05, 0.1) is 12.1 Å². The fraction of sp³-hybridized carbons (Fsp3) is 0.625. The van der Waals surface area contributed by atoms with Gasteiger partial charge >= 0.3 is 0 Å². The van der Waals surface area contributed by atoms with E-state index in [1.54, 1.807) is 12.3 Å². The summed E-state index contributed by atoms with van der Waals surface area (Å²) in [6.45, 7) is 4.05. The smallest absolute Gasteiger partial charge is 0.191 e. The van der Waals surface area contributed by atoms with Gasteiger partial charge in [-0.3, -0.25) is 4.99 Å². The third-order valence-corrected chi connectivity index (χ3v) is 4.13. The van der Waals surface area contributed by atoms with Crippen molar-refractivity contribution < 1.29 is 5.11 Å². The molecule has 1 aliphatic rings. The Balaban J connectivity index is 0.00000264. The van der Waals surface area contributed by atoms with Crippen molar-refractivity contribution in [3.63, 3.8) is 0 Å². The molecule has 2 rings (SSSR count). The molecule has 0 spiro atoms. The van der Waals surface area contributed by atoms with Crippen molar-refractivity contribution in [1.82, 2.24) is 15.6 Å². The normalized spacial score (nSPS) is 16.7. The first-order chi connectivity index (χ1) is 10.6. The zero-order chi connectivity index (χ0) is 15.8. The highest BCUT2D eigenvalue weighted by Crippen LogP contribution is 2.29. The number of pyridine rings is 1. The summed E-state index contributed by atoms with van der Waals surface area (Å²) in [5, 5.41) is 17.4. The Bertz CT molecular complexity index is 489. The van der Waals surface area contributed by atoms with Crippen LogP contribution in [-0.2, 0) is 6.42 Å². The van der Waals surface area contributed by atoms with Gasteiger partial charge in [0.1, 0.15) is 5.15 Å². The van der Waals surface area contributed by atoms with Crippen molar-refractivity contribution in [3.8, 4) is 0 Å². The summed E-state index contributed by atoms with van der Waals surface area (Å²) in [5.74, 6) is 0.754. The number of aliphatic hydroxyl groups is 1. The van der Waals surface area contributed by atoms with Gasteiger partial charge in [0.25, 0.3) is 0 Å². The first-order valence-electron chi connectivity index (χ1n) is 7.96. The third kappa shape index (κ3) is 7.22. The average molecular weight is 453 g/mol. The number of rotatable bonds is 6. The molecule has 1 aromatic heterocycles. The molecule has 1 aliphatic carbocycles. The molecule has 0 saturated heterocycles. The van der Waals surface area contributed by atoms with E-state index in [-0.39, 0.29) is 24.0 Å². The number of guanidine groups is 1. The summed E-state index contributed by atoms with van der Waals surface area (Å²) >= 11 is 5.77. The van der Waals surface area contributed by atoms with E-state index in [2.05, 4.69) is 20.6 Å². The molecular formula is C16H26ClIN4O. The van der Waals surface area contributed by atoms with Gasteiger partial charge in [-0.2, -0.15) is 0 Å². The van der Waals surface area contributed by atoms with Gasteiger partial charge < -0.3 is 15.7 Å². The summed E-state index contributed by atoms with van der Waals surface area (Å²) in [4.78, 5) is 8.59. The Morgan fingerprint density at radius 2 is 2.09 bits per heavy atom. The lowest BCUT2D eigenvalue weighted by molar-refractivity contribution is 0.0574. The summed E-state index contributed by atoms with van der Waals surface area (Å²) in [5.41, 5.74) is 0.518. The maximum Gasteiger partial charge on any atom is 0.191 e. The lowest BCUT2D eigenvalue weighted by Crippen LogP contribution is -2.40. The number of nitrogens with zero attached hydrogens (tertiary/aromatic N) is 2. The van der Waals surface area contributed by atoms with Crippen LogP contribution in [0.2, 0.25) is 5.15 Å². The Hall–Kier alpha value is -0.600. The molecule has 0 unspecified atom stereocenters. The van der Waals surface area contributed by atoms with Crippen LogP contribution < -0.4 is 10.6 Å². The van der Waals surface area contributed by atoms with E-state index in [1.807, 2.05) is 13.0 Å². The first-order valence-corrected chi connectivity index (χ1v) is 8.34. The highest BCUT2D eigenvalue weighted by atomic mass is 127. The monoisotopic (exact) mass is 452 g/mol. The Morgan fingerprint density at radius 3 is 2.70 bits per heavy atom. The van der Waals surface area contributed by atoms with Crippen LogP contribution in [0.25, 0.3) is 0 Å².